The van der Waals surface area contributed by atoms with Crippen molar-refractivity contribution >= 4 is 11.8 Å². The van der Waals surface area contributed by atoms with E-state index in [2.05, 4.69) is 9.97 Å². The first-order chi connectivity index (χ1) is 10.6. The summed E-state index contributed by atoms with van der Waals surface area (Å²) in [6.07, 6.45) is 1.14. The molecule has 1 aromatic carbocycles. The summed E-state index contributed by atoms with van der Waals surface area (Å²) in [5, 5.41) is 8.90. The average molecular weight is 303 g/mol. The molecule has 1 fully saturated rings. The van der Waals surface area contributed by atoms with Crippen LogP contribution in [-0.4, -0.2) is 47.3 Å². The fourth-order valence-corrected chi connectivity index (χ4v) is 2.26. The van der Waals surface area contributed by atoms with Crippen LogP contribution in [0.4, 0.5) is 10.2 Å². The van der Waals surface area contributed by atoms with Crippen LogP contribution in [0.1, 0.15) is 10.4 Å². The van der Waals surface area contributed by atoms with E-state index in [1.54, 1.807) is 12.1 Å². The van der Waals surface area contributed by atoms with Gasteiger partial charge in [0.05, 0.1) is 25.0 Å². The quantitative estimate of drug-likeness (QED) is 0.932. The van der Waals surface area contributed by atoms with Gasteiger partial charge in [0.15, 0.2) is 17.5 Å². The predicted molar refractivity (Wildman–Crippen MR) is 77.4 cm³/mol. The van der Waals surface area contributed by atoms with Gasteiger partial charge in [-0.1, -0.05) is 12.1 Å². The van der Waals surface area contributed by atoms with Gasteiger partial charge in [0.25, 0.3) is 0 Å². The number of hydrogen-bond donors (Lipinski definition) is 1. The van der Waals surface area contributed by atoms with Gasteiger partial charge >= 0.3 is 5.97 Å². The molecule has 1 saturated heterocycles. The second-order valence-corrected chi connectivity index (χ2v) is 4.85. The van der Waals surface area contributed by atoms with Gasteiger partial charge in [-0.25, -0.2) is 19.2 Å². The molecule has 2 heterocycles. The average Bonchev–Trinajstić information content (AvgIpc) is 2.56. The molecule has 1 aliphatic rings. The van der Waals surface area contributed by atoms with Crippen LogP contribution >= 0.6 is 0 Å². The van der Waals surface area contributed by atoms with Crippen molar-refractivity contribution in [2.24, 2.45) is 0 Å². The predicted octanol–water partition coefficient (Wildman–Crippen LogP) is 1.82. The van der Waals surface area contributed by atoms with Gasteiger partial charge in [-0.2, -0.15) is 0 Å². The number of halogens is 1. The topological polar surface area (TPSA) is 75.5 Å². The highest BCUT2D eigenvalue weighted by Crippen LogP contribution is 2.22. The van der Waals surface area contributed by atoms with E-state index in [4.69, 9.17) is 9.84 Å². The summed E-state index contributed by atoms with van der Waals surface area (Å²) in [6, 6.07) is 6.16. The number of carboxylic acids is 1. The molecule has 0 radical (unpaired) electrons. The van der Waals surface area contributed by atoms with Crippen molar-refractivity contribution in [3.63, 3.8) is 0 Å². The van der Waals surface area contributed by atoms with Gasteiger partial charge in [0.2, 0.25) is 0 Å². The minimum atomic E-state index is -0.999. The molecule has 3 rings (SSSR count). The van der Waals surface area contributed by atoms with Crippen LogP contribution in [0.3, 0.4) is 0 Å². The molecule has 0 bridgehead atoms. The zero-order valence-corrected chi connectivity index (χ0v) is 11.7. The summed E-state index contributed by atoms with van der Waals surface area (Å²) in [4.78, 5) is 20.9. The summed E-state index contributed by atoms with van der Waals surface area (Å²) >= 11 is 0. The Morgan fingerprint density at radius 1 is 1.23 bits per heavy atom. The number of rotatable bonds is 3. The van der Waals surface area contributed by atoms with Gasteiger partial charge in [0, 0.05) is 18.7 Å². The summed E-state index contributed by atoms with van der Waals surface area (Å²) in [6.45, 7) is 2.22. The summed E-state index contributed by atoms with van der Waals surface area (Å²) < 4.78 is 19.2. The lowest BCUT2D eigenvalue weighted by atomic mass is 10.1. The first kappa shape index (κ1) is 14.4. The smallest absolute Gasteiger partial charge is 0.335 e. The molecule has 0 atom stereocenters. The molecule has 0 spiro atoms. The zero-order chi connectivity index (χ0) is 15.5. The SMILES string of the molecule is O=C(O)c1ccc(-c2ncc(F)c(N3CCOCC3)n2)cc1. The molecule has 1 N–H and O–H groups in total. The fraction of sp³-hybridized carbons (Fsp3) is 0.267. The van der Waals surface area contributed by atoms with E-state index in [1.165, 1.54) is 12.1 Å². The Bertz CT molecular complexity index is 685. The van der Waals surface area contributed by atoms with E-state index in [1.807, 2.05) is 4.90 Å². The molecule has 2 aromatic rings. The van der Waals surface area contributed by atoms with Crippen molar-refractivity contribution in [2.75, 3.05) is 31.2 Å². The van der Waals surface area contributed by atoms with Crippen molar-refractivity contribution in [3.05, 3.63) is 41.8 Å². The maximum absolute atomic E-state index is 14.0. The van der Waals surface area contributed by atoms with Gasteiger partial charge in [-0.15, -0.1) is 0 Å². The number of carbonyl (C=O) groups is 1. The van der Waals surface area contributed by atoms with Gasteiger partial charge in [-0.05, 0) is 12.1 Å². The van der Waals surface area contributed by atoms with Gasteiger partial charge < -0.3 is 14.7 Å². The van der Waals surface area contributed by atoms with E-state index < -0.39 is 11.8 Å². The van der Waals surface area contributed by atoms with Crippen LogP contribution in [0.15, 0.2) is 30.5 Å². The lowest BCUT2D eigenvalue weighted by Crippen LogP contribution is -2.37. The van der Waals surface area contributed by atoms with Crippen LogP contribution in [0.2, 0.25) is 0 Å². The number of morpholine rings is 1. The summed E-state index contributed by atoms with van der Waals surface area (Å²) in [7, 11) is 0. The molecular formula is C15H14FN3O3. The number of ether oxygens (including phenoxy) is 1. The highest BCUT2D eigenvalue weighted by Gasteiger charge is 2.18. The van der Waals surface area contributed by atoms with Crippen molar-refractivity contribution in [2.45, 2.75) is 0 Å². The lowest BCUT2D eigenvalue weighted by molar-refractivity contribution is 0.0697. The lowest BCUT2D eigenvalue weighted by Gasteiger charge is -2.28. The number of hydrogen-bond acceptors (Lipinski definition) is 5. The minimum absolute atomic E-state index is 0.180. The number of carboxylic acid groups (broad SMARTS) is 1. The van der Waals surface area contributed by atoms with Crippen LogP contribution in [0, 0.1) is 5.82 Å². The molecule has 6 nitrogen and oxygen atoms in total. The molecule has 114 valence electrons. The Morgan fingerprint density at radius 3 is 2.55 bits per heavy atom. The van der Waals surface area contributed by atoms with E-state index in [9.17, 15) is 9.18 Å². The zero-order valence-electron chi connectivity index (χ0n) is 11.7. The molecule has 0 unspecified atom stereocenters. The Balaban J connectivity index is 1.92. The third kappa shape index (κ3) is 2.89. The van der Waals surface area contributed by atoms with E-state index in [0.29, 0.717) is 37.7 Å². The second kappa shape index (κ2) is 6.07. The van der Waals surface area contributed by atoms with Crippen LogP contribution < -0.4 is 4.90 Å². The third-order valence-corrected chi connectivity index (χ3v) is 3.43. The van der Waals surface area contributed by atoms with Crippen molar-refractivity contribution in [1.29, 1.82) is 0 Å². The Labute approximate surface area is 126 Å². The molecule has 0 amide bonds. The van der Waals surface area contributed by atoms with E-state index >= 15 is 0 Å². The molecular weight excluding hydrogens is 289 g/mol. The summed E-state index contributed by atoms with van der Waals surface area (Å²) in [5.41, 5.74) is 0.818. The molecule has 1 aliphatic heterocycles. The molecule has 1 aromatic heterocycles. The molecule has 0 aliphatic carbocycles. The Morgan fingerprint density at radius 2 is 1.91 bits per heavy atom. The highest BCUT2D eigenvalue weighted by atomic mass is 19.1. The first-order valence-electron chi connectivity index (χ1n) is 6.84. The van der Waals surface area contributed by atoms with Crippen molar-refractivity contribution in [3.8, 4) is 11.4 Å². The second-order valence-electron chi connectivity index (χ2n) is 4.85. The molecule has 0 saturated carbocycles. The van der Waals surface area contributed by atoms with Crippen molar-refractivity contribution < 1.29 is 19.0 Å². The number of anilines is 1. The van der Waals surface area contributed by atoms with Gasteiger partial charge in [0.1, 0.15) is 0 Å². The largest absolute Gasteiger partial charge is 0.478 e. The van der Waals surface area contributed by atoms with Gasteiger partial charge in [-0.3, -0.25) is 0 Å². The number of benzene rings is 1. The number of aromatic carboxylic acids is 1. The number of nitrogens with zero attached hydrogens (tertiary/aromatic N) is 3. The standard InChI is InChI=1S/C15H14FN3O3/c16-12-9-17-13(10-1-3-11(4-2-10)15(20)21)18-14(12)19-5-7-22-8-6-19/h1-4,9H,5-8H2,(H,20,21). The highest BCUT2D eigenvalue weighted by molar-refractivity contribution is 5.88. The monoisotopic (exact) mass is 303 g/mol. The Kier molecular flexibility index (Phi) is 3.97. The fourth-order valence-electron chi connectivity index (χ4n) is 2.26. The van der Waals surface area contributed by atoms with E-state index in [0.717, 1.165) is 6.20 Å². The number of aromatic nitrogens is 2. The summed E-state index contributed by atoms with van der Waals surface area (Å²) in [5.74, 6) is -0.871. The molecule has 22 heavy (non-hydrogen) atoms. The minimum Gasteiger partial charge on any atom is -0.478 e. The maximum atomic E-state index is 14.0. The van der Waals surface area contributed by atoms with Crippen molar-refractivity contribution in [1.82, 2.24) is 9.97 Å². The molecule has 7 heteroatoms. The van der Waals surface area contributed by atoms with Crippen LogP contribution in [0.5, 0.6) is 0 Å². The Hall–Kier alpha value is -2.54. The van der Waals surface area contributed by atoms with Crippen LogP contribution in [0.25, 0.3) is 11.4 Å². The first-order valence-corrected chi connectivity index (χ1v) is 6.84. The maximum Gasteiger partial charge on any atom is 0.335 e. The normalized spacial score (nSPS) is 14.9. The van der Waals surface area contributed by atoms with E-state index in [-0.39, 0.29) is 11.4 Å². The van der Waals surface area contributed by atoms with Crippen LogP contribution in [-0.2, 0) is 4.74 Å². The third-order valence-electron chi connectivity index (χ3n) is 3.43.